The lowest BCUT2D eigenvalue weighted by Gasteiger charge is -2.31. The Morgan fingerprint density at radius 3 is 2.52 bits per heavy atom. The van der Waals surface area contributed by atoms with Gasteiger partial charge in [-0.2, -0.15) is 0 Å². The van der Waals surface area contributed by atoms with Crippen molar-refractivity contribution in [1.82, 2.24) is 24.3 Å². The van der Waals surface area contributed by atoms with Crippen LogP contribution in [0.1, 0.15) is 26.9 Å². The number of thiazole rings is 1. The van der Waals surface area contributed by atoms with E-state index < -0.39 is 0 Å². The number of nitrogens with one attached hydrogen (secondary N) is 1. The van der Waals surface area contributed by atoms with Gasteiger partial charge in [-0.1, -0.05) is 0 Å². The second-order valence-corrected chi connectivity index (χ2v) is 8.43. The van der Waals surface area contributed by atoms with Crippen LogP contribution < -0.4 is 5.32 Å². The van der Waals surface area contributed by atoms with Crippen molar-refractivity contribution in [3.05, 3.63) is 58.1 Å². The van der Waals surface area contributed by atoms with Gasteiger partial charge < -0.3 is 14.8 Å². The number of carbonyl (C=O) groups excluding carboxylic acids is 1. The Balaban J connectivity index is 1.37. The quantitative estimate of drug-likeness (QED) is 0.701. The number of piperazine rings is 1. The molecule has 0 saturated carbocycles. The molecule has 1 N–H and O–H groups in total. The largest absolute Gasteiger partial charge is 0.321 e. The average Bonchev–Trinajstić information content (AvgIpc) is 3.32. The number of likely N-dealkylation sites (N-methyl/N-ethyl adjacent to an activating group) is 1. The summed E-state index contributed by atoms with van der Waals surface area (Å²) in [5, 5.41) is 5.77. The molecule has 1 fully saturated rings. The van der Waals surface area contributed by atoms with E-state index >= 15 is 0 Å². The van der Waals surface area contributed by atoms with Gasteiger partial charge in [0.2, 0.25) is 0 Å². The first-order valence-corrected chi connectivity index (χ1v) is 10.6. The van der Waals surface area contributed by atoms with Gasteiger partial charge in [0.05, 0.1) is 18.6 Å². The van der Waals surface area contributed by atoms with Crippen molar-refractivity contribution in [2.45, 2.75) is 20.4 Å². The zero-order valence-electron chi connectivity index (χ0n) is 17.1. The molecule has 152 valence electrons. The van der Waals surface area contributed by atoms with Gasteiger partial charge in [-0.05, 0) is 45.2 Å². The van der Waals surface area contributed by atoms with Crippen LogP contribution in [0.2, 0.25) is 0 Å². The number of hydrogen-bond donors (Lipinski definition) is 1. The Labute approximate surface area is 175 Å². The molecule has 1 saturated heterocycles. The van der Waals surface area contributed by atoms with E-state index in [1.807, 2.05) is 54.4 Å². The minimum Gasteiger partial charge on any atom is -0.321 e. The van der Waals surface area contributed by atoms with Gasteiger partial charge in [0.1, 0.15) is 10.7 Å². The number of aryl methyl sites for hydroxylation is 1. The lowest BCUT2D eigenvalue weighted by atomic mass is 10.2. The normalized spacial score (nSPS) is 15.6. The highest BCUT2D eigenvalue weighted by molar-refractivity contribution is 7.09. The van der Waals surface area contributed by atoms with Gasteiger partial charge in [0.25, 0.3) is 5.91 Å². The van der Waals surface area contributed by atoms with Crippen LogP contribution in [0.5, 0.6) is 0 Å². The first-order valence-electron chi connectivity index (χ1n) is 9.77. The number of carbonyl (C=O) groups is 1. The summed E-state index contributed by atoms with van der Waals surface area (Å²) in [5.74, 6) is -0.173. The van der Waals surface area contributed by atoms with Gasteiger partial charge >= 0.3 is 0 Å². The highest BCUT2D eigenvalue weighted by atomic mass is 32.1. The topological polar surface area (TPSA) is 66.3 Å². The van der Waals surface area contributed by atoms with E-state index in [1.165, 1.54) is 0 Å². The minimum absolute atomic E-state index is 0.173. The predicted molar refractivity (Wildman–Crippen MR) is 116 cm³/mol. The standard InChI is InChI=1S/C21H26N6OS/c1-15-16(2)27(14-22-15)18-6-4-17(5-7-18)23-21(28)19-13-29-20(24-19)12-26-10-8-25(3)9-11-26/h4-7,13-14H,8-12H2,1-3H3,(H,23,28). The Hall–Kier alpha value is -2.55. The van der Waals surface area contributed by atoms with Crippen molar-refractivity contribution in [3.63, 3.8) is 0 Å². The molecule has 1 aliphatic heterocycles. The Morgan fingerprint density at radius 1 is 1.14 bits per heavy atom. The molecule has 0 unspecified atom stereocenters. The van der Waals surface area contributed by atoms with E-state index in [4.69, 9.17) is 0 Å². The maximum Gasteiger partial charge on any atom is 0.275 e. The molecule has 7 nitrogen and oxygen atoms in total. The number of imidazole rings is 1. The van der Waals surface area contributed by atoms with E-state index in [9.17, 15) is 4.79 Å². The number of nitrogens with zero attached hydrogens (tertiary/aromatic N) is 5. The monoisotopic (exact) mass is 410 g/mol. The average molecular weight is 411 g/mol. The van der Waals surface area contributed by atoms with Crippen molar-refractivity contribution >= 4 is 22.9 Å². The molecule has 0 atom stereocenters. The van der Waals surface area contributed by atoms with Gasteiger partial charge in [0, 0.05) is 48.6 Å². The molecule has 4 rings (SSSR count). The van der Waals surface area contributed by atoms with Gasteiger partial charge in [-0.25, -0.2) is 9.97 Å². The second kappa shape index (κ2) is 8.44. The van der Waals surface area contributed by atoms with Crippen LogP contribution in [0.15, 0.2) is 36.0 Å². The van der Waals surface area contributed by atoms with Gasteiger partial charge in [0.15, 0.2) is 0 Å². The summed E-state index contributed by atoms with van der Waals surface area (Å²) in [6.45, 7) is 9.08. The SMILES string of the molecule is Cc1ncn(-c2ccc(NC(=O)c3csc(CN4CCN(C)CC4)n3)cc2)c1C. The Kier molecular flexibility index (Phi) is 5.75. The minimum atomic E-state index is -0.173. The van der Waals surface area contributed by atoms with Crippen molar-refractivity contribution in [2.24, 2.45) is 0 Å². The fraction of sp³-hybridized carbons (Fsp3) is 0.381. The van der Waals surface area contributed by atoms with Crippen molar-refractivity contribution in [1.29, 1.82) is 0 Å². The summed E-state index contributed by atoms with van der Waals surface area (Å²) < 4.78 is 2.03. The van der Waals surface area contributed by atoms with Crippen LogP contribution in [0.4, 0.5) is 5.69 Å². The summed E-state index contributed by atoms with van der Waals surface area (Å²) in [6.07, 6.45) is 1.81. The van der Waals surface area contributed by atoms with Crippen LogP contribution in [0, 0.1) is 13.8 Å². The third-order valence-electron chi connectivity index (χ3n) is 5.39. The number of hydrogen-bond acceptors (Lipinski definition) is 6. The predicted octanol–water partition coefficient (Wildman–Crippen LogP) is 2.95. The van der Waals surface area contributed by atoms with E-state index in [1.54, 1.807) is 11.3 Å². The Bertz CT molecular complexity index is 985. The zero-order valence-corrected chi connectivity index (χ0v) is 17.9. The lowest BCUT2D eigenvalue weighted by molar-refractivity contribution is 0.102. The molecular weight excluding hydrogens is 384 g/mol. The fourth-order valence-electron chi connectivity index (χ4n) is 3.34. The first kappa shape index (κ1) is 19.8. The van der Waals surface area contributed by atoms with Crippen LogP contribution >= 0.6 is 11.3 Å². The smallest absolute Gasteiger partial charge is 0.275 e. The van der Waals surface area contributed by atoms with Crippen LogP contribution in [0.25, 0.3) is 5.69 Å². The summed E-state index contributed by atoms with van der Waals surface area (Å²) in [4.78, 5) is 26.2. The van der Waals surface area contributed by atoms with Crippen molar-refractivity contribution in [3.8, 4) is 5.69 Å². The number of amides is 1. The summed E-state index contributed by atoms with van der Waals surface area (Å²) >= 11 is 1.55. The highest BCUT2D eigenvalue weighted by Crippen LogP contribution is 2.18. The van der Waals surface area contributed by atoms with E-state index in [2.05, 4.69) is 32.1 Å². The molecule has 1 amide bonds. The molecule has 8 heteroatoms. The maximum atomic E-state index is 12.6. The van der Waals surface area contributed by atoms with Gasteiger partial charge in [-0.15, -0.1) is 11.3 Å². The van der Waals surface area contributed by atoms with Crippen molar-refractivity contribution < 1.29 is 4.79 Å². The van der Waals surface area contributed by atoms with E-state index in [-0.39, 0.29) is 5.91 Å². The molecule has 3 aromatic rings. The lowest BCUT2D eigenvalue weighted by Crippen LogP contribution is -2.43. The molecule has 3 heterocycles. The highest BCUT2D eigenvalue weighted by Gasteiger charge is 2.17. The Morgan fingerprint density at radius 2 is 1.86 bits per heavy atom. The zero-order chi connectivity index (χ0) is 20.4. The number of anilines is 1. The maximum absolute atomic E-state index is 12.6. The van der Waals surface area contributed by atoms with Crippen LogP contribution in [-0.4, -0.2) is 63.5 Å². The molecule has 1 aromatic carbocycles. The number of benzene rings is 1. The van der Waals surface area contributed by atoms with Crippen LogP contribution in [0.3, 0.4) is 0 Å². The van der Waals surface area contributed by atoms with Gasteiger partial charge in [-0.3, -0.25) is 9.69 Å². The molecule has 0 radical (unpaired) electrons. The third-order valence-corrected chi connectivity index (χ3v) is 6.23. The number of rotatable bonds is 5. The molecule has 2 aromatic heterocycles. The molecule has 0 aliphatic carbocycles. The second-order valence-electron chi connectivity index (χ2n) is 7.49. The van der Waals surface area contributed by atoms with E-state index in [0.717, 1.165) is 60.5 Å². The first-order chi connectivity index (χ1) is 14.0. The number of aromatic nitrogens is 3. The van der Waals surface area contributed by atoms with E-state index in [0.29, 0.717) is 5.69 Å². The van der Waals surface area contributed by atoms with Crippen LogP contribution in [-0.2, 0) is 6.54 Å². The molecule has 1 aliphatic rings. The molecule has 0 spiro atoms. The summed E-state index contributed by atoms with van der Waals surface area (Å²) in [6, 6.07) is 7.76. The molecular formula is C21H26N6OS. The van der Waals surface area contributed by atoms with Crippen molar-refractivity contribution in [2.75, 3.05) is 38.5 Å². The third kappa shape index (κ3) is 4.55. The molecule has 0 bridgehead atoms. The summed E-state index contributed by atoms with van der Waals surface area (Å²) in [5.41, 5.74) is 4.37. The molecule has 29 heavy (non-hydrogen) atoms. The fourth-order valence-corrected chi connectivity index (χ4v) is 4.16. The summed E-state index contributed by atoms with van der Waals surface area (Å²) in [7, 11) is 2.15.